The van der Waals surface area contributed by atoms with Gasteiger partial charge in [-0.2, -0.15) is 0 Å². The Morgan fingerprint density at radius 2 is 2.05 bits per heavy atom. The highest BCUT2D eigenvalue weighted by Gasteiger charge is 2.16. The lowest BCUT2D eigenvalue weighted by molar-refractivity contribution is -0.384. The molecule has 114 valence electrons. The van der Waals surface area contributed by atoms with Crippen molar-refractivity contribution in [3.63, 3.8) is 0 Å². The highest BCUT2D eigenvalue weighted by atomic mass is 16.6. The van der Waals surface area contributed by atoms with Gasteiger partial charge in [-0.05, 0) is 18.6 Å². The van der Waals surface area contributed by atoms with Crippen molar-refractivity contribution in [3.05, 3.63) is 33.9 Å². The Morgan fingerprint density at radius 1 is 1.33 bits per heavy atom. The molecular formula is C13H18N4O4. The summed E-state index contributed by atoms with van der Waals surface area (Å²) in [5.41, 5.74) is 5.14. The highest BCUT2D eigenvalue weighted by molar-refractivity contribution is 5.94. The zero-order valence-electron chi connectivity index (χ0n) is 11.7. The van der Waals surface area contributed by atoms with Crippen LogP contribution in [0.25, 0.3) is 0 Å². The Morgan fingerprint density at radius 3 is 2.62 bits per heavy atom. The number of carbonyl (C=O) groups excluding carboxylic acids is 2. The number of hydrogen-bond acceptors (Lipinski definition) is 5. The van der Waals surface area contributed by atoms with E-state index in [0.717, 1.165) is 12.5 Å². The minimum atomic E-state index is -0.733. The number of nitrogens with one attached hydrogen (secondary N) is 2. The lowest BCUT2D eigenvalue weighted by Gasteiger charge is -2.08. The van der Waals surface area contributed by atoms with E-state index in [1.807, 2.05) is 6.92 Å². The molecule has 0 aliphatic carbocycles. The average Bonchev–Trinajstić information content (AvgIpc) is 2.44. The van der Waals surface area contributed by atoms with E-state index in [9.17, 15) is 19.7 Å². The van der Waals surface area contributed by atoms with Gasteiger partial charge >= 0.3 is 0 Å². The molecule has 1 aromatic carbocycles. The molecule has 0 heterocycles. The summed E-state index contributed by atoms with van der Waals surface area (Å²) in [6.45, 7) is 2.81. The second-order valence-corrected chi connectivity index (χ2v) is 4.38. The van der Waals surface area contributed by atoms with E-state index < -0.39 is 10.8 Å². The largest absolute Gasteiger partial charge is 0.379 e. The third-order valence-corrected chi connectivity index (χ3v) is 2.72. The van der Waals surface area contributed by atoms with Crippen LogP contribution in [0.3, 0.4) is 0 Å². The van der Waals surface area contributed by atoms with Crippen LogP contribution in [0.1, 0.15) is 30.1 Å². The van der Waals surface area contributed by atoms with E-state index in [-0.39, 0.29) is 35.8 Å². The topological polar surface area (TPSA) is 127 Å². The highest BCUT2D eigenvalue weighted by Crippen LogP contribution is 2.25. The van der Waals surface area contributed by atoms with Crippen molar-refractivity contribution in [2.75, 3.05) is 18.4 Å². The Kier molecular flexibility index (Phi) is 6.12. The van der Waals surface area contributed by atoms with Crippen molar-refractivity contribution in [2.45, 2.75) is 19.8 Å². The lowest BCUT2D eigenvalue weighted by atomic mass is 10.1. The number of hydrogen-bond donors (Lipinski definition) is 3. The van der Waals surface area contributed by atoms with Crippen molar-refractivity contribution < 1.29 is 14.5 Å². The van der Waals surface area contributed by atoms with Gasteiger partial charge in [-0.1, -0.05) is 6.92 Å². The molecule has 0 saturated heterocycles. The number of amides is 2. The summed E-state index contributed by atoms with van der Waals surface area (Å²) in [6, 6.07) is 3.92. The number of nitro benzene ring substituents is 1. The molecule has 0 bridgehead atoms. The van der Waals surface area contributed by atoms with Gasteiger partial charge in [-0.15, -0.1) is 0 Å². The first kappa shape index (κ1) is 16.4. The van der Waals surface area contributed by atoms with E-state index in [4.69, 9.17) is 5.73 Å². The second kappa shape index (κ2) is 7.83. The number of primary amides is 1. The molecule has 0 aliphatic heterocycles. The summed E-state index contributed by atoms with van der Waals surface area (Å²) in [6.07, 6.45) is 1.05. The van der Waals surface area contributed by atoms with Gasteiger partial charge in [-0.25, -0.2) is 0 Å². The monoisotopic (exact) mass is 294 g/mol. The second-order valence-electron chi connectivity index (χ2n) is 4.38. The van der Waals surface area contributed by atoms with Crippen LogP contribution in [-0.4, -0.2) is 29.8 Å². The van der Waals surface area contributed by atoms with Crippen molar-refractivity contribution in [1.29, 1.82) is 0 Å². The molecule has 4 N–H and O–H groups in total. The van der Waals surface area contributed by atoms with Gasteiger partial charge in [0, 0.05) is 31.1 Å². The molecule has 1 aromatic rings. The number of benzene rings is 1. The number of nitro groups is 1. The van der Waals surface area contributed by atoms with E-state index in [0.29, 0.717) is 6.54 Å². The lowest BCUT2D eigenvalue weighted by Crippen LogP contribution is -2.26. The van der Waals surface area contributed by atoms with E-state index in [2.05, 4.69) is 10.6 Å². The molecule has 0 atom stereocenters. The predicted molar refractivity (Wildman–Crippen MR) is 78.0 cm³/mol. The zero-order valence-corrected chi connectivity index (χ0v) is 11.7. The van der Waals surface area contributed by atoms with Gasteiger partial charge < -0.3 is 16.4 Å². The minimum absolute atomic E-state index is 0.0629. The summed E-state index contributed by atoms with van der Waals surface area (Å²) >= 11 is 0. The van der Waals surface area contributed by atoms with Crippen LogP contribution in [0.2, 0.25) is 0 Å². The van der Waals surface area contributed by atoms with Crippen LogP contribution in [0, 0.1) is 10.1 Å². The van der Waals surface area contributed by atoms with E-state index in [1.165, 1.54) is 12.1 Å². The third kappa shape index (κ3) is 5.09. The fourth-order valence-electron chi connectivity index (χ4n) is 1.65. The maximum Gasteiger partial charge on any atom is 0.293 e. The fourth-order valence-corrected chi connectivity index (χ4v) is 1.65. The van der Waals surface area contributed by atoms with Gasteiger partial charge in [0.05, 0.1) is 4.92 Å². The number of rotatable bonds is 8. The number of carbonyl (C=O) groups is 2. The Labute approximate surface area is 121 Å². The molecule has 8 heteroatoms. The minimum Gasteiger partial charge on any atom is -0.379 e. The molecule has 8 nitrogen and oxygen atoms in total. The van der Waals surface area contributed by atoms with Crippen LogP contribution in [0.15, 0.2) is 18.2 Å². The molecule has 0 radical (unpaired) electrons. The molecule has 1 rings (SSSR count). The van der Waals surface area contributed by atoms with Gasteiger partial charge in [0.15, 0.2) is 0 Å². The van der Waals surface area contributed by atoms with Gasteiger partial charge in [0.2, 0.25) is 11.8 Å². The Bertz CT molecular complexity index is 545. The van der Waals surface area contributed by atoms with E-state index >= 15 is 0 Å². The first-order valence-corrected chi connectivity index (χ1v) is 6.54. The summed E-state index contributed by atoms with van der Waals surface area (Å²) in [5.74, 6) is -0.857. The number of nitrogens with zero attached hydrogens (tertiary/aromatic N) is 1. The number of nitrogens with two attached hydrogens (primary N) is 1. The molecule has 0 fully saturated rings. The SMILES string of the molecule is CCCNC(=O)CCNc1ccc(C(N)=O)cc1[N+](=O)[O-]. The summed E-state index contributed by atoms with van der Waals surface area (Å²) in [7, 11) is 0. The Balaban J connectivity index is 2.68. The maximum atomic E-state index is 11.4. The van der Waals surface area contributed by atoms with E-state index in [1.54, 1.807) is 0 Å². The maximum absolute atomic E-state index is 11.4. The third-order valence-electron chi connectivity index (χ3n) is 2.72. The average molecular weight is 294 g/mol. The molecular weight excluding hydrogens is 276 g/mol. The van der Waals surface area contributed by atoms with Gasteiger partial charge in [-0.3, -0.25) is 19.7 Å². The van der Waals surface area contributed by atoms with Crippen LogP contribution in [0.5, 0.6) is 0 Å². The summed E-state index contributed by atoms with van der Waals surface area (Å²) in [4.78, 5) is 32.8. The van der Waals surface area contributed by atoms with Crippen LogP contribution in [0.4, 0.5) is 11.4 Å². The molecule has 0 spiro atoms. The fraction of sp³-hybridized carbons (Fsp3) is 0.385. The quantitative estimate of drug-likeness (QED) is 0.487. The van der Waals surface area contributed by atoms with Crippen LogP contribution >= 0.6 is 0 Å². The van der Waals surface area contributed by atoms with Crippen LogP contribution in [-0.2, 0) is 4.79 Å². The molecule has 2 amide bonds. The standard InChI is InChI=1S/C13H18N4O4/c1-2-6-16-12(18)5-7-15-10-4-3-9(13(14)19)8-11(10)17(20)21/h3-4,8,15H,2,5-7H2,1H3,(H2,14,19)(H,16,18). The smallest absolute Gasteiger partial charge is 0.293 e. The zero-order chi connectivity index (χ0) is 15.8. The van der Waals surface area contributed by atoms with Gasteiger partial charge in [0.1, 0.15) is 5.69 Å². The normalized spacial score (nSPS) is 9.95. The molecule has 0 aliphatic rings. The van der Waals surface area contributed by atoms with Crippen molar-refractivity contribution in [3.8, 4) is 0 Å². The number of anilines is 1. The van der Waals surface area contributed by atoms with Crippen molar-refractivity contribution in [1.82, 2.24) is 5.32 Å². The van der Waals surface area contributed by atoms with Crippen molar-refractivity contribution >= 4 is 23.2 Å². The first-order valence-electron chi connectivity index (χ1n) is 6.54. The van der Waals surface area contributed by atoms with Crippen LogP contribution < -0.4 is 16.4 Å². The molecule has 21 heavy (non-hydrogen) atoms. The molecule has 0 saturated carbocycles. The molecule has 0 aromatic heterocycles. The first-order chi connectivity index (χ1) is 9.95. The predicted octanol–water partition coefficient (Wildman–Crippen LogP) is 1.02. The molecule has 0 unspecified atom stereocenters. The summed E-state index contributed by atoms with van der Waals surface area (Å²) < 4.78 is 0. The summed E-state index contributed by atoms with van der Waals surface area (Å²) in [5, 5.41) is 16.5. The Hall–Kier alpha value is -2.64. The van der Waals surface area contributed by atoms with Crippen molar-refractivity contribution in [2.24, 2.45) is 5.73 Å². The van der Waals surface area contributed by atoms with Gasteiger partial charge in [0.25, 0.3) is 5.69 Å².